The van der Waals surface area contributed by atoms with E-state index in [0.717, 1.165) is 10.0 Å². The quantitative estimate of drug-likeness (QED) is 0.680. The third-order valence-corrected chi connectivity index (χ3v) is 7.17. The summed E-state index contributed by atoms with van der Waals surface area (Å²) in [6, 6.07) is 10.3. The van der Waals surface area contributed by atoms with Crippen LogP contribution in [0.3, 0.4) is 0 Å². The molecule has 0 aromatic heterocycles. The van der Waals surface area contributed by atoms with Crippen LogP contribution in [0.15, 0.2) is 40.9 Å². The van der Waals surface area contributed by atoms with E-state index < -0.39 is 22.0 Å². The third-order valence-electron chi connectivity index (χ3n) is 4.36. The van der Waals surface area contributed by atoms with Crippen molar-refractivity contribution in [1.29, 1.82) is 0 Å². The van der Waals surface area contributed by atoms with Gasteiger partial charge in [-0.05, 0) is 72.1 Å². The Bertz CT molecular complexity index is 1010. The van der Waals surface area contributed by atoms with Crippen molar-refractivity contribution in [1.82, 2.24) is 0 Å². The molecular weight excluding hydrogens is 468 g/mol. The Labute approximate surface area is 178 Å². The zero-order valence-electron chi connectivity index (χ0n) is 15.4. The maximum atomic E-state index is 12.6. The average Bonchev–Trinajstić information content (AvgIpc) is 2.98. The summed E-state index contributed by atoms with van der Waals surface area (Å²) in [6.07, 6.45) is -0.211. The van der Waals surface area contributed by atoms with E-state index in [2.05, 4.69) is 21.2 Å². The van der Waals surface area contributed by atoms with Gasteiger partial charge in [-0.15, -0.1) is 0 Å². The fraction of sp³-hybridized carbons (Fsp3) is 0.316. The molecule has 150 valence electrons. The van der Waals surface area contributed by atoms with Gasteiger partial charge in [0.2, 0.25) is 10.0 Å². The van der Waals surface area contributed by atoms with Crippen molar-refractivity contribution >= 4 is 54.8 Å². The molecule has 0 saturated carbocycles. The molecule has 9 heteroatoms. The number of carbonyl (C=O) groups excluding carboxylic acids is 1. The summed E-state index contributed by atoms with van der Waals surface area (Å²) in [6.45, 7) is 4.00. The fourth-order valence-corrected chi connectivity index (χ4v) is 5.18. The SMILES string of the molecule is Cc1ccc(OC(C)C(=O)Nc2cc(N3CCCS3(=O)=O)ccc2Cl)c(Br)c1. The third kappa shape index (κ3) is 4.61. The maximum Gasteiger partial charge on any atom is 0.265 e. The van der Waals surface area contributed by atoms with Crippen LogP contribution in [0.5, 0.6) is 5.75 Å². The first kappa shape index (κ1) is 21.0. The van der Waals surface area contributed by atoms with Gasteiger partial charge in [-0.1, -0.05) is 17.7 Å². The number of halogens is 2. The van der Waals surface area contributed by atoms with Crippen LogP contribution < -0.4 is 14.4 Å². The highest BCUT2D eigenvalue weighted by Crippen LogP contribution is 2.32. The van der Waals surface area contributed by atoms with Crippen LogP contribution in [0.25, 0.3) is 0 Å². The minimum Gasteiger partial charge on any atom is -0.480 e. The lowest BCUT2D eigenvalue weighted by molar-refractivity contribution is -0.122. The molecule has 1 unspecified atom stereocenters. The molecule has 0 radical (unpaired) electrons. The standard InChI is InChI=1S/C19H20BrClN2O4S/c1-12-4-7-18(15(20)10-12)27-13(2)19(24)22-17-11-14(5-6-16(17)21)23-8-3-9-28(23,25)26/h4-7,10-11,13H,3,8-9H2,1-2H3,(H,22,24). The van der Waals surface area contributed by atoms with Crippen LogP contribution in [0.4, 0.5) is 11.4 Å². The normalized spacial score (nSPS) is 16.6. The Morgan fingerprint density at radius 3 is 2.68 bits per heavy atom. The van der Waals surface area contributed by atoms with Crippen LogP contribution in [-0.4, -0.2) is 32.7 Å². The summed E-state index contributed by atoms with van der Waals surface area (Å²) in [5.41, 5.74) is 1.88. The van der Waals surface area contributed by atoms with E-state index in [1.807, 2.05) is 19.1 Å². The number of benzene rings is 2. The second-order valence-corrected chi connectivity index (χ2v) is 9.86. The molecule has 1 atom stereocenters. The van der Waals surface area contributed by atoms with E-state index in [-0.39, 0.29) is 5.75 Å². The van der Waals surface area contributed by atoms with E-state index in [0.29, 0.717) is 35.1 Å². The lowest BCUT2D eigenvalue weighted by atomic mass is 10.2. The van der Waals surface area contributed by atoms with Gasteiger partial charge in [-0.3, -0.25) is 9.10 Å². The van der Waals surface area contributed by atoms with Crippen LogP contribution >= 0.6 is 27.5 Å². The number of nitrogens with zero attached hydrogens (tertiary/aromatic N) is 1. The zero-order valence-corrected chi connectivity index (χ0v) is 18.6. The van der Waals surface area contributed by atoms with Gasteiger partial charge in [0.15, 0.2) is 6.10 Å². The predicted octanol–water partition coefficient (Wildman–Crippen LogP) is 4.36. The Hall–Kier alpha value is -1.77. The molecule has 1 N–H and O–H groups in total. The first-order chi connectivity index (χ1) is 13.2. The summed E-state index contributed by atoms with van der Waals surface area (Å²) < 4.78 is 32.1. The van der Waals surface area contributed by atoms with E-state index in [4.69, 9.17) is 16.3 Å². The van der Waals surface area contributed by atoms with E-state index in [9.17, 15) is 13.2 Å². The Balaban J connectivity index is 1.75. The molecule has 2 aromatic rings. The van der Waals surface area contributed by atoms with Gasteiger partial charge >= 0.3 is 0 Å². The van der Waals surface area contributed by atoms with E-state index >= 15 is 0 Å². The van der Waals surface area contributed by atoms with Gasteiger partial charge in [-0.25, -0.2) is 8.42 Å². The van der Waals surface area contributed by atoms with Crippen molar-refractivity contribution in [3.05, 3.63) is 51.5 Å². The molecule has 0 bridgehead atoms. The number of rotatable bonds is 5. The van der Waals surface area contributed by atoms with E-state index in [1.54, 1.807) is 31.2 Å². The molecule has 6 nitrogen and oxygen atoms in total. The van der Waals surface area contributed by atoms with Crippen molar-refractivity contribution < 1.29 is 17.9 Å². The zero-order chi connectivity index (χ0) is 20.5. The highest BCUT2D eigenvalue weighted by molar-refractivity contribution is 9.10. The van der Waals surface area contributed by atoms with Gasteiger partial charge in [0, 0.05) is 6.54 Å². The van der Waals surface area contributed by atoms with Crippen molar-refractivity contribution in [3.63, 3.8) is 0 Å². The topological polar surface area (TPSA) is 75.7 Å². The molecule has 0 aliphatic carbocycles. The van der Waals surface area contributed by atoms with Crippen LogP contribution in [0, 0.1) is 6.92 Å². The molecule has 1 fully saturated rings. The number of anilines is 2. The summed E-state index contributed by atoms with van der Waals surface area (Å²) in [5.74, 6) is 0.278. The second kappa shape index (κ2) is 8.31. The largest absolute Gasteiger partial charge is 0.480 e. The van der Waals surface area contributed by atoms with Crippen molar-refractivity contribution in [2.75, 3.05) is 21.9 Å². The molecule has 1 heterocycles. The average molecular weight is 488 g/mol. The number of aryl methyl sites for hydroxylation is 1. The van der Waals surface area contributed by atoms with Gasteiger partial charge in [0.25, 0.3) is 5.91 Å². The Morgan fingerprint density at radius 2 is 2.04 bits per heavy atom. The number of sulfonamides is 1. The summed E-state index contributed by atoms with van der Waals surface area (Å²) in [7, 11) is -3.32. The Morgan fingerprint density at radius 1 is 1.29 bits per heavy atom. The number of hydrogen-bond donors (Lipinski definition) is 1. The molecule has 1 aliphatic rings. The molecule has 1 amide bonds. The monoisotopic (exact) mass is 486 g/mol. The summed E-state index contributed by atoms with van der Waals surface area (Å²) >= 11 is 9.62. The summed E-state index contributed by atoms with van der Waals surface area (Å²) in [4.78, 5) is 12.6. The number of ether oxygens (including phenoxy) is 1. The van der Waals surface area contributed by atoms with Crippen molar-refractivity contribution in [2.45, 2.75) is 26.4 Å². The molecule has 2 aromatic carbocycles. The minimum atomic E-state index is -3.32. The number of nitrogens with one attached hydrogen (secondary N) is 1. The smallest absolute Gasteiger partial charge is 0.265 e. The fourth-order valence-electron chi connectivity index (χ4n) is 2.87. The minimum absolute atomic E-state index is 0.119. The molecule has 1 aliphatic heterocycles. The highest BCUT2D eigenvalue weighted by Gasteiger charge is 2.29. The van der Waals surface area contributed by atoms with Crippen LogP contribution in [0.2, 0.25) is 5.02 Å². The number of hydrogen-bond acceptors (Lipinski definition) is 4. The van der Waals surface area contributed by atoms with Gasteiger partial charge in [0.1, 0.15) is 5.75 Å². The maximum absolute atomic E-state index is 12.6. The van der Waals surface area contributed by atoms with Crippen molar-refractivity contribution in [2.24, 2.45) is 0 Å². The predicted molar refractivity (Wildman–Crippen MR) is 115 cm³/mol. The molecule has 0 spiro atoms. The second-order valence-electron chi connectivity index (χ2n) is 6.59. The Kier molecular flexibility index (Phi) is 6.21. The molecule has 3 rings (SSSR count). The van der Waals surface area contributed by atoms with E-state index in [1.165, 1.54) is 4.31 Å². The first-order valence-electron chi connectivity index (χ1n) is 8.71. The highest BCUT2D eigenvalue weighted by atomic mass is 79.9. The summed E-state index contributed by atoms with van der Waals surface area (Å²) in [5, 5.41) is 3.04. The van der Waals surface area contributed by atoms with Gasteiger partial charge in [0.05, 0.1) is 26.6 Å². The molecular formula is C19H20BrClN2O4S. The van der Waals surface area contributed by atoms with Crippen LogP contribution in [0.1, 0.15) is 18.9 Å². The number of carbonyl (C=O) groups is 1. The van der Waals surface area contributed by atoms with Crippen LogP contribution in [-0.2, 0) is 14.8 Å². The van der Waals surface area contributed by atoms with Gasteiger partial charge < -0.3 is 10.1 Å². The molecule has 1 saturated heterocycles. The lowest BCUT2D eigenvalue weighted by Gasteiger charge is -2.20. The lowest BCUT2D eigenvalue weighted by Crippen LogP contribution is -2.30. The number of amides is 1. The van der Waals surface area contributed by atoms with Gasteiger partial charge in [-0.2, -0.15) is 0 Å². The first-order valence-corrected chi connectivity index (χ1v) is 11.5. The molecule has 28 heavy (non-hydrogen) atoms. The van der Waals surface area contributed by atoms with Crippen molar-refractivity contribution in [3.8, 4) is 5.75 Å².